The predicted molar refractivity (Wildman–Crippen MR) is 70.3 cm³/mol. The van der Waals surface area contributed by atoms with Gasteiger partial charge < -0.3 is 10.6 Å². The summed E-state index contributed by atoms with van der Waals surface area (Å²) in [5.74, 6) is 1.23. The highest BCUT2D eigenvalue weighted by Gasteiger charge is 2.21. The second-order valence-corrected chi connectivity index (χ2v) is 5.06. The largest absolute Gasteiger partial charge is 0.338 e. The number of rotatable bonds is 4. The molecule has 0 bridgehead atoms. The number of hydrogen-bond acceptors (Lipinski definition) is 1. The van der Waals surface area contributed by atoms with E-state index in [0.29, 0.717) is 11.8 Å². The van der Waals surface area contributed by atoms with Crippen LogP contribution in [0.1, 0.15) is 38.2 Å². The summed E-state index contributed by atoms with van der Waals surface area (Å²) < 4.78 is 0. The fourth-order valence-corrected chi connectivity index (χ4v) is 1.69. The Morgan fingerprint density at radius 2 is 1.94 bits per heavy atom. The van der Waals surface area contributed by atoms with E-state index in [1.807, 2.05) is 12.1 Å². The Balaban J connectivity index is 1.82. The quantitative estimate of drug-likeness (QED) is 0.821. The van der Waals surface area contributed by atoms with Gasteiger partial charge in [-0.05, 0) is 42.4 Å². The summed E-state index contributed by atoms with van der Waals surface area (Å²) >= 11 is 0. The topological polar surface area (TPSA) is 41.1 Å². The maximum atomic E-state index is 11.5. The van der Waals surface area contributed by atoms with Crippen molar-refractivity contribution in [3.05, 3.63) is 29.8 Å². The first-order valence-corrected chi connectivity index (χ1v) is 6.30. The van der Waals surface area contributed by atoms with Gasteiger partial charge in [0.2, 0.25) is 0 Å². The van der Waals surface area contributed by atoms with E-state index in [2.05, 4.69) is 36.6 Å². The standard InChI is InChI=1S/C14H20N2O/c1-10(2)12-5-7-13(8-6-12)16-14(17)15-9-11-3-4-11/h5-8,10-11H,3-4,9H2,1-2H3,(H2,15,16,17). The second-order valence-electron chi connectivity index (χ2n) is 5.06. The number of anilines is 1. The molecule has 3 heteroatoms. The fraction of sp³-hybridized carbons (Fsp3) is 0.500. The maximum absolute atomic E-state index is 11.5. The first kappa shape index (κ1) is 12.0. The normalized spacial score (nSPS) is 14.8. The van der Waals surface area contributed by atoms with Gasteiger partial charge in [0.25, 0.3) is 0 Å². The molecule has 92 valence electrons. The van der Waals surface area contributed by atoms with E-state index in [-0.39, 0.29) is 6.03 Å². The van der Waals surface area contributed by atoms with Crippen molar-refractivity contribution in [2.75, 3.05) is 11.9 Å². The van der Waals surface area contributed by atoms with Crippen molar-refractivity contribution in [2.45, 2.75) is 32.6 Å². The van der Waals surface area contributed by atoms with Crippen LogP contribution in [-0.2, 0) is 0 Å². The van der Waals surface area contributed by atoms with Gasteiger partial charge in [-0.1, -0.05) is 26.0 Å². The number of carbonyl (C=O) groups excluding carboxylic acids is 1. The molecule has 0 unspecified atom stereocenters. The molecule has 0 spiro atoms. The third-order valence-corrected chi connectivity index (χ3v) is 3.08. The lowest BCUT2D eigenvalue weighted by Crippen LogP contribution is -2.30. The molecule has 0 heterocycles. The zero-order valence-corrected chi connectivity index (χ0v) is 10.5. The van der Waals surface area contributed by atoms with Gasteiger partial charge in [0, 0.05) is 12.2 Å². The number of hydrogen-bond donors (Lipinski definition) is 2. The molecule has 17 heavy (non-hydrogen) atoms. The van der Waals surface area contributed by atoms with Crippen LogP contribution in [0.4, 0.5) is 10.5 Å². The second kappa shape index (κ2) is 5.21. The number of carbonyl (C=O) groups is 1. The van der Waals surface area contributed by atoms with Gasteiger partial charge in [0.1, 0.15) is 0 Å². The molecule has 1 fully saturated rings. The highest BCUT2D eigenvalue weighted by atomic mass is 16.2. The minimum absolute atomic E-state index is 0.103. The van der Waals surface area contributed by atoms with Crippen molar-refractivity contribution in [3.8, 4) is 0 Å². The van der Waals surface area contributed by atoms with Gasteiger partial charge in [-0.25, -0.2) is 4.79 Å². The van der Waals surface area contributed by atoms with Crippen LogP contribution in [0.2, 0.25) is 0 Å². The summed E-state index contributed by atoms with van der Waals surface area (Å²) in [4.78, 5) is 11.5. The summed E-state index contributed by atoms with van der Waals surface area (Å²) in [6.45, 7) is 5.12. The number of benzene rings is 1. The minimum Gasteiger partial charge on any atom is -0.338 e. The fourth-order valence-electron chi connectivity index (χ4n) is 1.69. The summed E-state index contributed by atoms with van der Waals surface area (Å²) in [5.41, 5.74) is 2.14. The van der Waals surface area contributed by atoms with E-state index < -0.39 is 0 Å². The van der Waals surface area contributed by atoms with Crippen LogP contribution in [0.25, 0.3) is 0 Å². The third-order valence-electron chi connectivity index (χ3n) is 3.08. The van der Waals surface area contributed by atoms with Gasteiger partial charge in [0.05, 0.1) is 0 Å². The highest BCUT2D eigenvalue weighted by molar-refractivity contribution is 5.89. The molecular formula is C14H20N2O. The summed E-state index contributed by atoms with van der Waals surface area (Å²) in [6.07, 6.45) is 2.51. The molecule has 0 atom stereocenters. The molecule has 3 nitrogen and oxygen atoms in total. The zero-order chi connectivity index (χ0) is 12.3. The molecule has 1 aliphatic carbocycles. The van der Waals surface area contributed by atoms with E-state index in [0.717, 1.165) is 12.2 Å². The van der Waals surface area contributed by atoms with Crippen molar-refractivity contribution in [3.63, 3.8) is 0 Å². The van der Waals surface area contributed by atoms with Crippen LogP contribution < -0.4 is 10.6 Å². The van der Waals surface area contributed by atoms with Crippen LogP contribution in [0.3, 0.4) is 0 Å². The smallest absolute Gasteiger partial charge is 0.319 e. The number of amides is 2. The molecule has 1 aliphatic rings. The van der Waals surface area contributed by atoms with Crippen molar-refractivity contribution < 1.29 is 4.79 Å². The lowest BCUT2D eigenvalue weighted by molar-refractivity contribution is 0.251. The SMILES string of the molecule is CC(C)c1ccc(NC(=O)NCC2CC2)cc1. The number of nitrogens with one attached hydrogen (secondary N) is 2. The van der Waals surface area contributed by atoms with Crippen molar-refractivity contribution in [2.24, 2.45) is 5.92 Å². The lowest BCUT2D eigenvalue weighted by atomic mass is 10.0. The molecule has 1 aromatic rings. The Morgan fingerprint density at radius 3 is 2.47 bits per heavy atom. The Bertz CT molecular complexity index is 380. The highest BCUT2D eigenvalue weighted by Crippen LogP contribution is 2.27. The Kier molecular flexibility index (Phi) is 3.67. The summed E-state index contributed by atoms with van der Waals surface area (Å²) in [6, 6.07) is 7.91. The van der Waals surface area contributed by atoms with Gasteiger partial charge in [-0.3, -0.25) is 0 Å². The minimum atomic E-state index is -0.103. The molecule has 2 N–H and O–H groups in total. The molecule has 2 rings (SSSR count). The summed E-state index contributed by atoms with van der Waals surface area (Å²) in [7, 11) is 0. The van der Waals surface area contributed by atoms with E-state index in [1.54, 1.807) is 0 Å². The number of urea groups is 1. The Labute approximate surface area is 103 Å². The third kappa shape index (κ3) is 3.77. The van der Waals surface area contributed by atoms with Crippen LogP contribution in [0.15, 0.2) is 24.3 Å². The summed E-state index contributed by atoms with van der Waals surface area (Å²) in [5, 5.41) is 5.72. The monoisotopic (exact) mass is 232 g/mol. The van der Waals surface area contributed by atoms with Crippen molar-refractivity contribution in [1.29, 1.82) is 0 Å². The average Bonchev–Trinajstić information content (AvgIpc) is 3.11. The van der Waals surface area contributed by atoms with E-state index >= 15 is 0 Å². The molecule has 1 aromatic carbocycles. The van der Waals surface area contributed by atoms with E-state index in [1.165, 1.54) is 18.4 Å². The molecule has 1 saturated carbocycles. The van der Waals surface area contributed by atoms with Crippen LogP contribution >= 0.6 is 0 Å². The molecule has 0 radical (unpaired) electrons. The first-order valence-electron chi connectivity index (χ1n) is 6.30. The van der Waals surface area contributed by atoms with Crippen molar-refractivity contribution >= 4 is 11.7 Å². The zero-order valence-electron chi connectivity index (χ0n) is 10.5. The van der Waals surface area contributed by atoms with Crippen LogP contribution in [-0.4, -0.2) is 12.6 Å². The Hall–Kier alpha value is -1.51. The molecular weight excluding hydrogens is 212 g/mol. The molecule has 0 aliphatic heterocycles. The van der Waals surface area contributed by atoms with Gasteiger partial charge >= 0.3 is 6.03 Å². The predicted octanol–water partition coefficient (Wildman–Crippen LogP) is 3.34. The van der Waals surface area contributed by atoms with E-state index in [4.69, 9.17) is 0 Å². The van der Waals surface area contributed by atoms with Crippen molar-refractivity contribution in [1.82, 2.24) is 5.32 Å². The van der Waals surface area contributed by atoms with Crippen LogP contribution in [0.5, 0.6) is 0 Å². The maximum Gasteiger partial charge on any atom is 0.319 e. The van der Waals surface area contributed by atoms with Gasteiger partial charge in [-0.15, -0.1) is 0 Å². The molecule has 0 saturated heterocycles. The van der Waals surface area contributed by atoms with E-state index in [9.17, 15) is 4.79 Å². The van der Waals surface area contributed by atoms with Gasteiger partial charge in [-0.2, -0.15) is 0 Å². The Morgan fingerprint density at radius 1 is 1.29 bits per heavy atom. The molecule has 2 amide bonds. The molecule has 0 aromatic heterocycles. The first-order chi connectivity index (χ1) is 8.15. The average molecular weight is 232 g/mol. The lowest BCUT2D eigenvalue weighted by Gasteiger charge is -2.09. The van der Waals surface area contributed by atoms with Crippen LogP contribution in [0, 0.1) is 5.92 Å². The van der Waals surface area contributed by atoms with Gasteiger partial charge in [0.15, 0.2) is 0 Å².